The van der Waals surface area contributed by atoms with Crippen molar-refractivity contribution >= 4 is 0 Å². The van der Waals surface area contributed by atoms with Gasteiger partial charge in [-0.15, -0.1) is 0 Å². The molecule has 1 saturated carbocycles. The van der Waals surface area contributed by atoms with Crippen molar-refractivity contribution in [3.05, 3.63) is 0 Å². The van der Waals surface area contributed by atoms with Crippen molar-refractivity contribution in [2.45, 2.75) is 97.3 Å². The lowest BCUT2D eigenvalue weighted by atomic mass is 9.67. The van der Waals surface area contributed by atoms with Gasteiger partial charge in [0.2, 0.25) is 0 Å². The van der Waals surface area contributed by atoms with Crippen molar-refractivity contribution < 1.29 is 4.74 Å². The van der Waals surface area contributed by atoms with Crippen molar-refractivity contribution in [1.82, 2.24) is 9.80 Å². The van der Waals surface area contributed by atoms with Gasteiger partial charge in [0.25, 0.3) is 0 Å². The molecule has 0 bridgehead atoms. The number of hydrogen-bond donors (Lipinski definition) is 0. The predicted octanol–water partition coefficient (Wildman–Crippen LogP) is 4.56. The SMILES string of the molecule is CC(C)OC1CCC2(CC1)CCN(CC1CCN(C(C)C)CC1)CC2. The normalized spacial score (nSPS) is 27.6. The number of nitrogens with zero attached hydrogens (tertiary/aromatic N) is 2. The number of piperidine rings is 2. The fourth-order valence-electron chi connectivity index (χ4n) is 5.45. The van der Waals surface area contributed by atoms with Crippen molar-refractivity contribution in [1.29, 1.82) is 0 Å². The van der Waals surface area contributed by atoms with E-state index in [1.807, 2.05) is 0 Å². The van der Waals surface area contributed by atoms with Crippen LogP contribution < -0.4 is 0 Å². The van der Waals surface area contributed by atoms with Gasteiger partial charge in [-0.05, 0) is 117 Å². The Morgan fingerprint density at radius 1 is 0.840 bits per heavy atom. The zero-order chi connectivity index (χ0) is 17.9. The molecular weight excluding hydrogens is 308 g/mol. The molecule has 0 atom stereocenters. The van der Waals surface area contributed by atoms with Gasteiger partial charge in [-0.2, -0.15) is 0 Å². The maximum atomic E-state index is 6.06. The second-order valence-corrected chi connectivity index (χ2v) is 9.76. The second kappa shape index (κ2) is 8.71. The molecule has 0 aromatic heterocycles. The highest BCUT2D eigenvalue weighted by atomic mass is 16.5. The lowest BCUT2D eigenvalue weighted by Gasteiger charge is -2.47. The molecule has 2 heterocycles. The van der Waals surface area contributed by atoms with Crippen molar-refractivity contribution in [2.75, 3.05) is 32.7 Å². The molecule has 25 heavy (non-hydrogen) atoms. The van der Waals surface area contributed by atoms with E-state index in [4.69, 9.17) is 4.74 Å². The molecule has 0 aromatic carbocycles. The first kappa shape index (κ1) is 19.6. The van der Waals surface area contributed by atoms with Crippen LogP contribution in [0, 0.1) is 11.3 Å². The molecule has 0 N–H and O–H groups in total. The summed E-state index contributed by atoms with van der Waals surface area (Å²) < 4.78 is 6.06. The van der Waals surface area contributed by atoms with Crippen LogP contribution in [0.15, 0.2) is 0 Å². The minimum atomic E-state index is 0.392. The monoisotopic (exact) mass is 350 g/mol. The fourth-order valence-corrected chi connectivity index (χ4v) is 5.45. The molecule has 2 saturated heterocycles. The molecule has 0 aromatic rings. The first-order valence-electron chi connectivity index (χ1n) is 11.1. The van der Waals surface area contributed by atoms with E-state index in [1.165, 1.54) is 84.1 Å². The van der Waals surface area contributed by atoms with Crippen LogP contribution in [-0.4, -0.2) is 60.8 Å². The zero-order valence-corrected chi connectivity index (χ0v) is 17.3. The Kier molecular flexibility index (Phi) is 6.84. The molecule has 1 spiro atoms. The molecular formula is C22H42N2O. The van der Waals surface area contributed by atoms with Crippen LogP contribution in [-0.2, 0) is 4.74 Å². The van der Waals surface area contributed by atoms with E-state index in [1.54, 1.807) is 0 Å². The summed E-state index contributed by atoms with van der Waals surface area (Å²) in [5.74, 6) is 0.944. The van der Waals surface area contributed by atoms with Crippen LogP contribution in [0.5, 0.6) is 0 Å². The van der Waals surface area contributed by atoms with Gasteiger partial charge in [0.1, 0.15) is 0 Å². The predicted molar refractivity (Wildman–Crippen MR) is 106 cm³/mol. The molecule has 3 nitrogen and oxygen atoms in total. The average Bonchev–Trinajstić information content (AvgIpc) is 2.59. The minimum absolute atomic E-state index is 0.392. The third kappa shape index (κ3) is 5.43. The lowest BCUT2D eigenvalue weighted by molar-refractivity contribution is -0.0493. The van der Waals surface area contributed by atoms with E-state index in [9.17, 15) is 0 Å². The fraction of sp³-hybridized carbons (Fsp3) is 1.00. The highest BCUT2D eigenvalue weighted by Crippen LogP contribution is 2.45. The van der Waals surface area contributed by atoms with Gasteiger partial charge in [-0.25, -0.2) is 0 Å². The summed E-state index contributed by atoms with van der Waals surface area (Å²) in [5, 5.41) is 0. The lowest BCUT2D eigenvalue weighted by Crippen LogP contribution is -2.46. The summed E-state index contributed by atoms with van der Waals surface area (Å²) in [6.07, 6.45) is 12.0. The van der Waals surface area contributed by atoms with Crippen molar-refractivity contribution in [3.8, 4) is 0 Å². The van der Waals surface area contributed by atoms with Crippen LogP contribution in [0.3, 0.4) is 0 Å². The standard InChI is InChI=1S/C22H42N2O/c1-18(2)24-13-7-20(8-14-24)17-23-15-11-22(12-16-23)9-5-21(6-10-22)25-19(3)4/h18-21H,5-17H2,1-4H3. The van der Waals surface area contributed by atoms with Crippen LogP contribution in [0.2, 0.25) is 0 Å². The maximum absolute atomic E-state index is 6.06. The van der Waals surface area contributed by atoms with Gasteiger partial charge in [-0.3, -0.25) is 0 Å². The molecule has 146 valence electrons. The molecule has 0 unspecified atom stereocenters. The van der Waals surface area contributed by atoms with Crippen LogP contribution in [0.1, 0.15) is 79.1 Å². The molecule has 3 heteroatoms. The molecule has 3 fully saturated rings. The summed E-state index contributed by atoms with van der Waals surface area (Å²) in [7, 11) is 0. The molecule has 2 aliphatic heterocycles. The van der Waals surface area contributed by atoms with Gasteiger partial charge < -0.3 is 14.5 Å². The van der Waals surface area contributed by atoms with E-state index < -0.39 is 0 Å². The molecule has 3 aliphatic rings. The minimum Gasteiger partial charge on any atom is -0.376 e. The smallest absolute Gasteiger partial charge is 0.0579 e. The highest BCUT2D eigenvalue weighted by Gasteiger charge is 2.38. The van der Waals surface area contributed by atoms with Gasteiger partial charge in [0.15, 0.2) is 0 Å². The van der Waals surface area contributed by atoms with E-state index in [0.29, 0.717) is 17.6 Å². The van der Waals surface area contributed by atoms with E-state index >= 15 is 0 Å². The largest absolute Gasteiger partial charge is 0.376 e. The Morgan fingerprint density at radius 2 is 1.44 bits per heavy atom. The van der Waals surface area contributed by atoms with Gasteiger partial charge in [0.05, 0.1) is 12.2 Å². The summed E-state index contributed by atoms with van der Waals surface area (Å²) in [5.41, 5.74) is 0.661. The Morgan fingerprint density at radius 3 is 1.96 bits per heavy atom. The van der Waals surface area contributed by atoms with E-state index in [0.717, 1.165) is 12.0 Å². The summed E-state index contributed by atoms with van der Waals surface area (Å²) in [4.78, 5) is 5.44. The van der Waals surface area contributed by atoms with Gasteiger partial charge in [0, 0.05) is 12.6 Å². The number of likely N-dealkylation sites (tertiary alicyclic amines) is 2. The van der Waals surface area contributed by atoms with Gasteiger partial charge >= 0.3 is 0 Å². The third-order valence-electron chi connectivity index (χ3n) is 7.27. The molecule has 0 radical (unpaired) electrons. The summed E-state index contributed by atoms with van der Waals surface area (Å²) in [6, 6.07) is 0.727. The third-order valence-corrected chi connectivity index (χ3v) is 7.27. The van der Waals surface area contributed by atoms with Crippen LogP contribution in [0.25, 0.3) is 0 Å². The molecule has 3 rings (SSSR count). The number of hydrogen-bond acceptors (Lipinski definition) is 3. The highest BCUT2D eigenvalue weighted by molar-refractivity contribution is 4.91. The second-order valence-electron chi connectivity index (χ2n) is 9.76. The Hall–Kier alpha value is -0.120. The topological polar surface area (TPSA) is 15.7 Å². The summed E-state index contributed by atoms with van der Waals surface area (Å²) >= 11 is 0. The number of ether oxygens (including phenoxy) is 1. The van der Waals surface area contributed by atoms with Crippen molar-refractivity contribution in [2.24, 2.45) is 11.3 Å². The van der Waals surface area contributed by atoms with E-state index in [2.05, 4.69) is 37.5 Å². The molecule has 0 amide bonds. The van der Waals surface area contributed by atoms with Crippen LogP contribution >= 0.6 is 0 Å². The Bertz CT molecular complexity index is 383. The van der Waals surface area contributed by atoms with Gasteiger partial charge in [-0.1, -0.05) is 0 Å². The molecule has 1 aliphatic carbocycles. The maximum Gasteiger partial charge on any atom is 0.0579 e. The van der Waals surface area contributed by atoms with E-state index in [-0.39, 0.29) is 0 Å². The number of rotatable bonds is 5. The first-order chi connectivity index (χ1) is 12.0. The summed E-state index contributed by atoms with van der Waals surface area (Å²) in [6.45, 7) is 15.7. The Balaban J connectivity index is 1.37. The Labute approximate surface area is 156 Å². The average molecular weight is 351 g/mol. The zero-order valence-electron chi connectivity index (χ0n) is 17.3. The first-order valence-corrected chi connectivity index (χ1v) is 11.1. The van der Waals surface area contributed by atoms with Crippen LogP contribution in [0.4, 0.5) is 0 Å². The quantitative estimate of drug-likeness (QED) is 0.723. The van der Waals surface area contributed by atoms with Crippen molar-refractivity contribution in [3.63, 3.8) is 0 Å².